The number of carboxylic acids is 1. The molecule has 4 N–H and O–H groups in total. The van der Waals surface area contributed by atoms with Crippen LogP contribution in [0.4, 0.5) is 27.1 Å². The summed E-state index contributed by atoms with van der Waals surface area (Å²) >= 11 is 0. The largest absolute Gasteiger partial charge is 0.508 e. The summed E-state index contributed by atoms with van der Waals surface area (Å²) in [4.78, 5) is 76.4. The average molecular weight is 1580 g/mol. The van der Waals surface area contributed by atoms with E-state index in [2.05, 4.69) is 183 Å². The molecule has 4 heterocycles. The minimum atomic E-state index is -2.33. The number of amides is 1. The standard InChI is InChI=1S/C44H51N3O6Si.C38H42N2O3Si.C6H11NO4.CH3F.2CH4/c1-11-47-37-23-39-36(22-35(37)28(3)24-44(47,4)5)42(33-18-12-29(20-27(33)2)43(51)46(25-40(49)52-7)26-41(50)53-8)34-19-15-31(21-38(34)54(39,9)10)45(6)30-13-16-32(48)17-14-30;1-9-40-33-21-35-32(20-31(33)24(3)22-38(40,4)5)36(29-16-10-25(37(42)43)18-23(29)2)30-17-13-27(19-34(30)44(35,7)8)39(6)26-11-14-28(41)15-12-26;1-10-5(8)3-7-4-6(9)11-2;1-2;;/h12-23,28H,11,24-26H2,1-10H3;10-21,24H,9,22H2,1-8H3,(H-,41,42,43);7H,3-4H2,1-2H3;1H3;2*1H4/p+2/i;;;1D;;. The number of carboxylic acid groups (broad SMARTS) is 1. The van der Waals surface area contributed by atoms with E-state index in [4.69, 9.17) is 10.8 Å². The van der Waals surface area contributed by atoms with Crippen molar-refractivity contribution in [3.8, 4) is 11.5 Å². The Morgan fingerprint density at radius 3 is 1.19 bits per heavy atom. The number of nitrogens with one attached hydrogen (secondary N) is 1. The van der Waals surface area contributed by atoms with E-state index in [0.717, 1.165) is 81.4 Å². The maximum Gasteiger partial charge on any atom is 0.335 e. The molecule has 0 saturated carbocycles. The highest BCUT2D eigenvalue weighted by Gasteiger charge is 2.44. The minimum Gasteiger partial charge on any atom is -0.508 e. The lowest BCUT2D eigenvalue weighted by molar-refractivity contribution is -0.145. The zero-order valence-corrected chi connectivity index (χ0v) is 69.9. The van der Waals surface area contributed by atoms with Crippen LogP contribution in [-0.2, 0) is 38.1 Å². The molecule has 0 aromatic heterocycles. The Hall–Kier alpha value is -10.6. The molecule has 0 fully saturated rings. The van der Waals surface area contributed by atoms with Gasteiger partial charge in [0.2, 0.25) is 10.7 Å². The first-order valence-corrected chi connectivity index (χ1v) is 43.5. The zero-order valence-electron chi connectivity index (χ0n) is 68.9. The van der Waals surface area contributed by atoms with Crippen LogP contribution in [0.5, 0.6) is 11.5 Å². The van der Waals surface area contributed by atoms with E-state index >= 15 is 0 Å². The van der Waals surface area contributed by atoms with Gasteiger partial charge in [-0.15, -0.1) is 0 Å². The molecular weight excluding hydrogens is 1460 g/mol. The number of aromatic hydroxyl groups is 2. The van der Waals surface area contributed by atoms with Crippen molar-refractivity contribution in [2.75, 3.05) is 98.8 Å². The summed E-state index contributed by atoms with van der Waals surface area (Å²) in [6, 6.07) is 49.2. The number of hydrogen-bond acceptors (Lipinski definition) is 15. The first kappa shape index (κ1) is 88.0. The molecule has 2 atom stereocenters. The molecule has 19 nitrogen and oxygen atoms in total. The summed E-state index contributed by atoms with van der Waals surface area (Å²) in [6.07, 6.45) is 2.15. The second-order valence-electron chi connectivity index (χ2n) is 31.3. The van der Waals surface area contributed by atoms with Gasteiger partial charge in [-0.25, -0.2) is 13.9 Å². The fourth-order valence-corrected chi connectivity index (χ4v) is 23.0. The molecule has 0 spiro atoms. The number of ether oxygens (including phenoxy) is 4. The van der Waals surface area contributed by atoms with Gasteiger partial charge in [-0.3, -0.25) is 33.7 Å². The number of rotatable bonds is 18. The lowest BCUT2D eigenvalue weighted by Crippen LogP contribution is -2.65. The van der Waals surface area contributed by atoms with Crippen LogP contribution in [0.15, 0.2) is 146 Å². The highest BCUT2D eigenvalue weighted by Crippen LogP contribution is 2.37. The monoisotopic (exact) mass is 1580 g/mol. The van der Waals surface area contributed by atoms with E-state index in [1.54, 1.807) is 42.5 Å². The number of halogens is 1. The molecule has 1 amide bonds. The highest BCUT2D eigenvalue weighted by molar-refractivity contribution is 7.02. The third-order valence-electron chi connectivity index (χ3n) is 22.6. The van der Waals surface area contributed by atoms with Crippen LogP contribution < -0.4 is 66.2 Å². The number of carbonyl (C=O) groups excluding carboxylic acids is 5. The number of aryl methyl sites for hydroxylation is 2. The Morgan fingerprint density at radius 1 is 0.513 bits per heavy atom. The summed E-state index contributed by atoms with van der Waals surface area (Å²) in [5, 5.41) is 42.7. The van der Waals surface area contributed by atoms with Crippen LogP contribution in [0.2, 0.25) is 26.2 Å². The number of methoxy groups -OCH3 is 4. The Morgan fingerprint density at radius 2 is 0.850 bits per heavy atom. The summed E-state index contributed by atoms with van der Waals surface area (Å²) in [7, 11) is 3.62. The maximum absolute atomic E-state index is 13.8. The molecule has 4 aliphatic heterocycles. The van der Waals surface area contributed by atoms with Crippen LogP contribution in [-0.4, -0.2) is 172 Å². The third kappa shape index (κ3) is 18.4. The molecular formula is C91H117FN6O13Si2+2. The molecule has 22 heteroatoms. The van der Waals surface area contributed by atoms with Gasteiger partial charge in [-0.2, -0.15) is 0 Å². The van der Waals surface area contributed by atoms with Gasteiger partial charge in [-0.1, -0.05) is 79.2 Å². The van der Waals surface area contributed by atoms with E-state index in [0.29, 0.717) is 23.0 Å². The van der Waals surface area contributed by atoms with Crippen LogP contribution >= 0.6 is 0 Å². The van der Waals surface area contributed by atoms with Crippen molar-refractivity contribution in [2.24, 2.45) is 0 Å². The van der Waals surface area contributed by atoms with Crippen molar-refractivity contribution >= 4 is 107 Å². The van der Waals surface area contributed by atoms with E-state index in [1.807, 2.05) is 63.4 Å². The summed E-state index contributed by atoms with van der Waals surface area (Å²) in [5.41, 5.74) is 16.4. The predicted molar refractivity (Wildman–Crippen MR) is 458 cm³/mol. The Labute approximate surface area is 669 Å². The van der Waals surface area contributed by atoms with Gasteiger partial charge in [-0.05, 0) is 252 Å². The second-order valence-corrected chi connectivity index (χ2v) is 39.9. The van der Waals surface area contributed by atoms with Gasteiger partial charge in [0.15, 0.2) is 11.1 Å². The highest BCUT2D eigenvalue weighted by atomic mass is 28.3. The number of carbonyl (C=O) groups is 6. The van der Waals surface area contributed by atoms with E-state index < -0.39 is 59.1 Å². The smallest absolute Gasteiger partial charge is 0.335 e. The fraction of sp³-hybridized carbons (Fsp3) is 0.385. The number of phenolic OH excluding ortho intramolecular Hbond substituents is 2. The minimum absolute atomic E-state index is 0. The number of anilines is 4. The van der Waals surface area contributed by atoms with Crippen molar-refractivity contribution in [1.82, 2.24) is 19.4 Å². The number of alkyl halides is 1. The number of nitrogens with zero attached hydrogens (tertiary/aromatic N) is 5. The molecule has 2 unspecified atom stereocenters. The van der Waals surface area contributed by atoms with Crippen molar-refractivity contribution in [3.63, 3.8) is 0 Å². The summed E-state index contributed by atoms with van der Waals surface area (Å²) in [5.74, 6) is -2.17. The molecule has 0 radical (unpaired) electrons. The molecule has 0 saturated heterocycles. The van der Waals surface area contributed by atoms with E-state index in [9.17, 15) is 48.5 Å². The average Bonchev–Trinajstić information content (AvgIpc) is 0.711. The Bertz CT molecular complexity index is 5210. The zero-order chi connectivity index (χ0) is 82.4. The third-order valence-corrected chi connectivity index (χ3v) is 29.6. The molecule has 0 aliphatic carbocycles. The van der Waals surface area contributed by atoms with Gasteiger partial charge < -0.3 is 49.0 Å². The van der Waals surface area contributed by atoms with Crippen molar-refractivity contribution in [1.29, 1.82) is 0 Å². The molecule has 8 aromatic carbocycles. The van der Waals surface area contributed by atoms with E-state index in [-0.39, 0.29) is 63.6 Å². The normalized spacial score (nSPS) is 15.8. The summed E-state index contributed by atoms with van der Waals surface area (Å²) < 4.78 is 38.9. The SMILES string of the molecule is C.C.CC[N+]1=c2cc3c(cc2C(C)CC1(C)C)=C(c1ccc(C(=O)N(CC(=O)OC)CC(=O)OC)cc1C)c1ccc(N(C)c2ccc(O)cc2)cc1[Si]3(C)C.CC[N+]1=c2cc3c(cc2C(C)CC1(C)C)=C(c1ccc(C(=O)O)cc1C)c1ccc(N(C)c2ccc(O)cc2)cc1[Si]3(C)C.COC(=O)CNCC(=O)OC.[2H]CF. The fourth-order valence-electron chi connectivity index (χ4n) is 16.9. The van der Waals surface area contributed by atoms with Crippen LogP contribution in [0.3, 0.4) is 0 Å². The first-order chi connectivity index (χ1) is 52.9. The molecule has 4 aliphatic rings. The number of benzene rings is 8. The molecule has 12 rings (SSSR count). The quantitative estimate of drug-likeness (QED) is 0.0271. The second kappa shape index (κ2) is 36.5. The van der Waals surface area contributed by atoms with Crippen LogP contribution in [0, 0.1) is 13.8 Å². The Balaban J connectivity index is 0.000000270. The topological polar surface area (TPSA) is 228 Å². The van der Waals surface area contributed by atoms with Crippen LogP contribution in [0.25, 0.3) is 11.1 Å². The summed E-state index contributed by atoms with van der Waals surface area (Å²) in [6.45, 7) is 33.6. The van der Waals surface area contributed by atoms with Gasteiger partial charge in [0, 0.05) is 78.5 Å². The molecule has 113 heavy (non-hydrogen) atoms. The number of hydrogen-bond donors (Lipinski definition) is 4. The molecule has 602 valence electrons. The maximum atomic E-state index is 13.8. The predicted octanol–water partition coefficient (Wildman–Crippen LogP) is 10.6. The number of phenols is 2. The number of fused-ring (bicyclic) bond motifs is 6. The van der Waals surface area contributed by atoms with Gasteiger partial charge >= 0.3 is 29.8 Å². The van der Waals surface area contributed by atoms with Crippen molar-refractivity contribution in [2.45, 2.75) is 146 Å². The van der Waals surface area contributed by atoms with Crippen LogP contribution in [0.1, 0.15) is 162 Å². The van der Waals surface area contributed by atoms with Crippen molar-refractivity contribution in [3.05, 3.63) is 222 Å². The Kier molecular flexibility index (Phi) is 28.4. The van der Waals surface area contributed by atoms with Crippen molar-refractivity contribution < 1.29 is 68.8 Å². The molecule has 8 aromatic rings. The molecule has 0 bridgehead atoms. The van der Waals surface area contributed by atoms with Gasteiger partial charge in [0.1, 0.15) is 53.8 Å². The number of esters is 4. The lowest BCUT2D eigenvalue weighted by Gasteiger charge is -2.36. The number of aromatic carboxylic acids is 1. The van der Waals surface area contributed by atoms with E-state index in [1.165, 1.54) is 98.2 Å². The lowest BCUT2D eigenvalue weighted by atomic mass is 9.82. The first-order valence-electron chi connectivity index (χ1n) is 38.2. The van der Waals surface area contributed by atoms with Gasteiger partial charge in [0.05, 0.1) is 55.6 Å². The van der Waals surface area contributed by atoms with Gasteiger partial charge in [0.25, 0.3) is 5.91 Å².